The lowest BCUT2D eigenvalue weighted by Crippen LogP contribution is -2.35. The zero-order valence-electron chi connectivity index (χ0n) is 13.2. The highest BCUT2D eigenvalue weighted by Gasteiger charge is 2.29. The summed E-state index contributed by atoms with van der Waals surface area (Å²) in [5.74, 6) is 0.114. The Hall–Kier alpha value is -2.00. The fourth-order valence-corrected chi connectivity index (χ4v) is 3.22. The molecule has 1 atom stereocenters. The van der Waals surface area contributed by atoms with Crippen LogP contribution >= 0.6 is 12.4 Å². The van der Waals surface area contributed by atoms with Crippen LogP contribution in [0.5, 0.6) is 0 Å². The van der Waals surface area contributed by atoms with Crippen LogP contribution in [0.4, 0.5) is 5.69 Å². The van der Waals surface area contributed by atoms with Crippen molar-refractivity contribution in [1.29, 1.82) is 0 Å². The molecule has 1 aliphatic rings. The van der Waals surface area contributed by atoms with Gasteiger partial charge in [-0.25, -0.2) is 0 Å². The first-order valence-corrected chi connectivity index (χ1v) is 7.94. The van der Waals surface area contributed by atoms with Gasteiger partial charge in [-0.1, -0.05) is 36.4 Å². The lowest BCUT2D eigenvalue weighted by atomic mass is 10.0. The molecular weight excluding hydrogens is 308 g/mol. The number of aryl methyl sites for hydroxylation is 1. The molecule has 3 nitrogen and oxygen atoms in total. The SMILES string of the molecule is Cl.Nc1cccc(C(=O)N2CCCC2CCc2ccccc2)c1. The molecule has 1 unspecified atom stereocenters. The molecule has 1 saturated heterocycles. The molecule has 1 fully saturated rings. The summed E-state index contributed by atoms with van der Waals surface area (Å²) < 4.78 is 0. The zero-order chi connectivity index (χ0) is 15.4. The first-order chi connectivity index (χ1) is 10.7. The number of carbonyl (C=O) groups is 1. The van der Waals surface area contributed by atoms with Gasteiger partial charge in [-0.15, -0.1) is 12.4 Å². The van der Waals surface area contributed by atoms with E-state index < -0.39 is 0 Å². The highest BCUT2D eigenvalue weighted by atomic mass is 35.5. The summed E-state index contributed by atoms with van der Waals surface area (Å²) in [5, 5.41) is 0. The summed E-state index contributed by atoms with van der Waals surface area (Å²) >= 11 is 0. The molecule has 4 heteroatoms. The maximum atomic E-state index is 12.7. The number of amides is 1. The lowest BCUT2D eigenvalue weighted by molar-refractivity contribution is 0.0730. The van der Waals surface area contributed by atoms with Gasteiger partial charge in [0.05, 0.1) is 0 Å². The molecule has 122 valence electrons. The monoisotopic (exact) mass is 330 g/mol. The van der Waals surface area contributed by atoms with Crippen LogP contribution < -0.4 is 5.73 Å². The van der Waals surface area contributed by atoms with Crippen LogP contribution in [0.25, 0.3) is 0 Å². The summed E-state index contributed by atoms with van der Waals surface area (Å²) in [7, 11) is 0. The number of benzene rings is 2. The molecule has 2 N–H and O–H groups in total. The van der Waals surface area contributed by atoms with E-state index in [9.17, 15) is 4.79 Å². The second kappa shape index (κ2) is 8.02. The van der Waals surface area contributed by atoms with E-state index in [-0.39, 0.29) is 18.3 Å². The van der Waals surface area contributed by atoms with Gasteiger partial charge in [-0.05, 0) is 49.4 Å². The lowest BCUT2D eigenvalue weighted by Gasteiger charge is -2.25. The first kappa shape index (κ1) is 17.4. The molecule has 0 aromatic heterocycles. The van der Waals surface area contributed by atoms with Crippen molar-refractivity contribution >= 4 is 24.0 Å². The predicted molar refractivity (Wildman–Crippen MR) is 96.9 cm³/mol. The Kier molecular flexibility index (Phi) is 6.05. The standard InChI is InChI=1S/C19H22N2O.ClH/c20-17-9-4-8-16(14-17)19(22)21-13-5-10-18(21)12-11-15-6-2-1-3-7-15;/h1-4,6-9,14,18H,5,10-13,20H2;1H. The Labute approximate surface area is 143 Å². The first-order valence-electron chi connectivity index (χ1n) is 7.94. The fourth-order valence-electron chi connectivity index (χ4n) is 3.22. The second-order valence-electron chi connectivity index (χ2n) is 5.94. The number of rotatable bonds is 4. The van der Waals surface area contributed by atoms with E-state index in [0.717, 1.165) is 32.2 Å². The molecule has 1 heterocycles. The van der Waals surface area contributed by atoms with Crippen LogP contribution in [-0.4, -0.2) is 23.4 Å². The summed E-state index contributed by atoms with van der Waals surface area (Å²) in [6.07, 6.45) is 4.23. The smallest absolute Gasteiger partial charge is 0.254 e. The third-order valence-electron chi connectivity index (χ3n) is 4.38. The van der Waals surface area contributed by atoms with Crippen molar-refractivity contribution in [2.24, 2.45) is 0 Å². The largest absolute Gasteiger partial charge is 0.399 e. The number of nitrogens with two attached hydrogens (primary N) is 1. The summed E-state index contributed by atoms with van der Waals surface area (Å²) in [6, 6.07) is 18.1. The average Bonchev–Trinajstić information content (AvgIpc) is 3.01. The quantitative estimate of drug-likeness (QED) is 0.863. The number of hydrogen-bond donors (Lipinski definition) is 1. The fraction of sp³-hybridized carbons (Fsp3) is 0.316. The van der Waals surface area contributed by atoms with Crippen molar-refractivity contribution in [2.45, 2.75) is 31.7 Å². The molecule has 0 saturated carbocycles. The molecular formula is C19H23ClN2O. The molecule has 1 amide bonds. The van der Waals surface area contributed by atoms with Gasteiger partial charge in [0.15, 0.2) is 0 Å². The summed E-state index contributed by atoms with van der Waals surface area (Å²) in [5.41, 5.74) is 8.48. The van der Waals surface area contributed by atoms with Crippen LogP contribution in [-0.2, 0) is 6.42 Å². The number of nitrogen functional groups attached to an aromatic ring is 1. The van der Waals surface area contributed by atoms with Crippen molar-refractivity contribution in [3.05, 3.63) is 65.7 Å². The highest BCUT2D eigenvalue weighted by molar-refractivity contribution is 5.95. The van der Waals surface area contributed by atoms with E-state index >= 15 is 0 Å². The van der Waals surface area contributed by atoms with Crippen LogP contribution in [0, 0.1) is 0 Å². The molecule has 0 spiro atoms. The zero-order valence-corrected chi connectivity index (χ0v) is 14.0. The van der Waals surface area contributed by atoms with Crippen LogP contribution in [0.1, 0.15) is 35.2 Å². The number of anilines is 1. The Morgan fingerprint density at radius 2 is 1.91 bits per heavy atom. The highest BCUT2D eigenvalue weighted by Crippen LogP contribution is 2.24. The second-order valence-corrected chi connectivity index (χ2v) is 5.94. The maximum absolute atomic E-state index is 12.7. The molecule has 2 aromatic rings. The van der Waals surface area contributed by atoms with Gasteiger partial charge in [-0.3, -0.25) is 4.79 Å². The molecule has 0 radical (unpaired) electrons. The van der Waals surface area contributed by atoms with E-state index in [0.29, 0.717) is 17.3 Å². The number of likely N-dealkylation sites (tertiary alicyclic amines) is 1. The minimum atomic E-state index is 0. The van der Waals surface area contributed by atoms with Crippen LogP contribution in [0.3, 0.4) is 0 Å². The van der Waals surface area contributed by atoms with Gasteiger partial charge in [0, 0.05) is 23.8 Å². The number of nitrogens with zero attached hydrogens (tertiary/aromatic N) is 1. The Morgan fingerprint density at radius 1 is 1.13 bits per heavy atom. The Balaban J connectivity index is 0.00000192. The third kappa shape index (κ3) is 4.26. The van der Waals surface area contributed by atoms with Gasteiger partial charge < -0.3 is 10.6 Å². The van der Waals surface area contributed by atoms with E-state index in [4.69, 9.17) is 5.73 Å². The Morgan fingerprint density at radius 3 is 2.65 bits per heavy atom. The van der Waals surface area contributed by atoms with Crippen molar-refractivity contribution < 1.29 is 4.79 Å². The van der Waals surface area contributed by atoms with Crippen molar-refractivity contribution in [2.75, 3.05) is 12.3 Å². The molecule has 0 aliphatic carbocycles. The number of carbonyl (C=O) groups excluding carboxylic acids is 1. The summed E-state index contributed by atoms with van der Waals surface area (Å²) in [4.78, 5) is 14.7. The molecule has 0 bridgehead atoms. The normalized spacial score (nSPS) is 16.9. The van der Waals surface area contributed by atoms with E-state index in [1.165, 1.54) is 5.56 Å². The minimum Gasteiger partial charge on any atom is -0.399 e. The molecule has 2 aromatic carbocycles. The number of halogens is 1. The van der Waals surface area contributed by atoms with Crippen LogP contribution in [0.15, 0.2) is 54.6 Å². The molecule has 3 rings (SSSR count). The van der Waals surface area contributed by atoms with Crippen LogP contribution in [0.2, 0.25) is 0 Å². The van der Waals surface area contributed by atoms with Gasteiger partial charge in [-0.2, -0.15) is 0 Å². The minimum absolute atomic E-state index is 0. The van der Waals surface area contributed by atoms with Crippen molar-refractivity contribution in [1.82, 2.24) is 4.90 Å². The number of hydrogen-bond acceptors (Lipinski definition) is 2. The van der Waals surface area contributed by atoms with Gasteiger partial charge >= 0.3 is 0 Å². The van der Waals surface area contributed by atoms with Gasteiger partial charge in [0.25, 0.3) is 5.91 Å². The van der Waals surface area contributed by atoms with Gasteiger partial charge in [0.2, 0.25) is 0 Å². The third-order valence-corrected chi connectivity index (χ3v) is 4.38. The molecule has 1 aliphatic heterocycles. The van der Waals surface area contributed by atoms with Gasteiger partial charge in [0.1, 0.15) is 0 Å². The topological polar surface area (TPSA) is 46.3 Å². The molecule has 23 heavy (non-hydrogen) atoms. The van der Waals surface area contributed by atoms with E-state index in [1.807, 2.05) is 29.2 Å². The van der Waals surface area contributed by atoms with E-state index in [2.05, 4.69) is 24.3 Å². The predicted octanol–water partition coefficient (Wildman–Crippen LogP) is 3.93. The van der Waals surface area contributed by atoms with E-state index in [1.54, 1.807) is 6.07 Å². The Bertz CT molecular complexity index is 645. The van der Waals surface area contributed by atoms with Crippen molar-refractivity contribution in [3.8, 4) is 0 Å². The summed E-state index contributed by atoms with van der Waals surface area (Å²) in [6.45, 7) is 0.854. The maximum Gasteiger partial charge on any atom is 0.254 e. The average molecular weight is 331 g/mol. The van der Waals surface area contributed by atoms with Crippen molar-refractivity contribution in [3.63, 3.8) is 0 Å².